The summed E-state index contributed by atoms with van der Waals surface area (Å²) >= 11 is 3.18. The van der Waals surface area contributed by atoms with Crippen molar-refractivity contribution in [1.82, 2.24) is 4.98 Å². The number of anilines is 1. The van der Waals surface area contributed by atoms with Crippen molar-refractivity contribution in [2.24, 2.45) is 0 Å². The second kappa shape index (κ2) is 5.31. The minimum atomic E-state index is -0.390. The van der Waals surface area contributed by atoms with Gasteiger partial charge in [0.1, 0.15) is 0 Å². The van der Waals surface area contributed by atoms with Gasteiger partial charge in [0.05, 0.1) is 12.1 Å². The SMILES string of the molecule is CN(c1ncc(Br)cc1F)C1CCCCC1O. The lowest BCUT2D eigenvalue weighted by Crippen LogP contribution is -2.44. The topological polar surface area (TPSA) is 36.4 Å². The van der Waals surface area contributed by atoms with E-state index in [1.54, 1.807) is 18.1 Å². The molecule has 0 aromatic carbocycles. The van der Waals surface area contributed by atoms with Gasteiger partial charge in [0.15, 0.2) is 11.6 Å². The molecule has 0 saturated heterocycles. The van der Waals surface area contributed by atoms with E-state index in [0.29, 0.717) is 10.3 Å². The van der Waals surface area contributed by atoms with Gasteiger partial charge in [0.25, 0.3) is 0 Å². The number of pyridine rings is 1. The third kappa shape index (κ3) is 2.77. The number of aromatic nitrogens is 1. The molecule has 1 saturated carbocycles. The van der Waals surface area contributed by atoms with Crippen molar-refractivity contribution in [3.8, 4) is 0 Å². The van der Waals surface area contributed by atoms with Crippen LogP contribution in [-0.4, -0.2) is 29.3 Å². The maximum absolute atomic E-state index is 13.8. The lowest BCUT2D eigenvalue weighted by atomic mass is 9.91. The van der Waals surface area contributed by atoms with Gasteiger partial charge < -0.3 is 10.0 Å². The van der Waals surface area contributed by atoms with Gasteiger partial charge >= 0.3 is 0 Å². The van der Waals surface area contributed by atoms with Crippen LogP contribution in [0, 0.1) is 5.82 Å². The van der Waals surface area contributed by atoms with Gasteiger partial charge in [0, 0.05) is 17.7 Å². The Morgan fingerprint density at radius 2 is 2.18 bits per heavy atom. The smallest absolute Gasteiger partial charge is 0.166 e. The average Bonchev–Trinajstić information content (AvgIpc) is 2.29. The Balaban J connectivity index is 2.20. The highest BCUT2D eigenvalue weighted by molar-refractivity contribution is 9.10. The van der Waals surface area contributed by atoms with E-state index in [2.05, 4.69) is 20.9 Å². The van der Waals surface area contributed by atoms with Crippen molar-refractivity contribution in [2.75, 3.05) is 11.9 Å². The molecule has 17 heavy (non-hydrogen) atoms. The Kier molecular flexibility index (Phi) is 3.99. The minimum Gasteiger partial charge on any atom is -0.391 e. The van der Waals surface area contributed by atoms with Crippen LogP contribution in [0.3, 0.4) is 0 Å². The zero-order valence-corrected chi connectivity index (χ0v) is 11.3. The first-order valence-corrected chi connectivity index (χ1v) is 6.61. The van der Waals surface area contributed by atoms with Gasteiger partial charge in [-0.05, 0) is 34.8 Å². The van der Waals surface area contributed by atoms with Gasteiger partial charge in [-0.25, -0.2) is 9.37 Å². The Bertz CT molecular complexity index is 402. The van der Waals surface area contributed by atoms with Crippen LogP contribution in [0.15, 0.2) is 16.7 Å². The molecule has 0 radical (unpaired) electrons. The molecule has 0 spiro atoms. The Hall–Kier alpha value is -0.680. The zero-order chi connectivity index (χ0) is 12.4. The maximum atomic E-state index is 13.8. The molecule has 0 bridgehead atoms. The summed E-state index contributed by atoms with van der Waals surface area (Å²) < 4.78 is 14.4. The van der Waals surface area contributed by atoms with Gasteiger partial charge in [-0.15, -0.1) is 0 Å². The van der Waals surface area contributed by atoms with Gasteiger partial charge in [-0.2, -0.15) is 0 Å². The molecule has 1 fully saturated rings. The number of rotatable bonds is 2. The lowest BCUT2D eigenvalue weighted by Gasteiger charge is -2.35. The fourth-order valence-corrected chi connectivity index (χ4v) is 2.67. The molecule has 0 amide bonds. The van der Waals surface area contributed by atoms with Gasteiger partial charge in [-0.1, -0.05) is 12.8 Å². The molecule has 1 aliphatic rings. The van der Waals surface area contributed by atoms with E-state index in [1.807, 2.05) is 0 Å². The quantitative estimate of drug-likeness (QED) is 0.912. The van der Waals surface area contributed by atoms with E-state index in [9.17, 15) is 9.50 Å². The molecule has 0 aliphatic heterocycles. The van der Waals surface area contributed by atoms with E-state index in [4.69, 9.17) is 0 Å². The van der Waals surface area contributed by atoms with E-state index < -0.39 is 6.10 Å². The summed E-state index contributed by atoms with van der Waals surface area (Å²) in [5.74, 6) is -0.0567. The third-order valence-electron chi connectivity index (χ3n) is 3.31. The summed E-state index contributed by atoms with van der Waals surface area (Å²) in [7, 11) is 1.79. The Morgan fingerprint density at radius 1 is 1.47 bits per heavy atom. The van der Waals surface area contributed by atoms with Gasteiger partial charge in [0.2, 0.25) is 0 Å². The van der Waals surface area contributed by atoms with Crippen LogP contribution in [-0.2, 0) is 0 Å². The van der Waals surface area contributed by atoms with Crippen molar-refractivity contribution in [3.05, 3.63) is 22.6 Å². The highest BCUT2D eigenvalue weighted by Gasteiger charge is 2.28. The molecular weight excluding hydrogens is 287 g/mol. The fourth-order valence-electron chi connectivity index (χ4n) is 2.37. The van der Waals surface area contributed by atoms with Crippen LogP contribution in [0.1, 0.15) is 25.7 Å². The number of hydrogen-bond acceptors (Lipinski definition) is 3. The van der Waals surface area contributed by atoms with Crippen LogP contribution < -0.4 is 4.90 Å². The Morgan fingerprint density at radius 3 is 2.82 bits per heavy atom. The summed E-state index contributed by atoms with van der Waals surface area (Å²) in [5.41, 5.74) is 0. The van der Waals surface area contributed by atoms with Crippen LogP contribution in [0.5, 0.6) is 0 Å². The molecule has 94 valence electrons. The largest absolute Gasteiger partial charge is 0.391 e. The standard InChI is InChI=1S/C12H16BrFN2O/c1-16(10-4-2-3-5-11(10)17)12-9(14)6-8(13)7-15-12/h6-7,10-11,17H,2-5H2,1H3. The number of hydrogen-bond donors (Lipinski definition) is 1. The van der Waals surface area contributed by atoms with Crippen LogP contribution >= 0.6 is 15.9 Å². The predicted molar refractivity (Wildman–Crippen MR) is 68.6 cm³/mol. The first kappa shape index (κ1) is 12.8. The minimum absolute atomic E-state index is 0.0353. The summed E-state index contributed by atoms with van der Waals surface area (Å²) in [5, 5.41) is 9.95. The van der Waals surface area contributed by atoms with E-state index in [0.717, 1.165) is 25.7 Å². The Labute approximate surface area is 109 Å². The number of nitrogens with zero attached hydrogens (tertiary/aromatic N) is 2. The molecule has 1 aliphatic carbocycles. The summed E-state index contributed by atoms with van der Waals surface area (Å²) in [6, 6.07) is 1.36. The number of aliphatic hydroxyl groups is 1. The highest BCUT2D eigenvalue weighted by atomic mass is 79.9. The monoisotopic (exact) mass is 302 g/mol. The molecular formula is C12H16BrFN2O. The molecule has 1 N–H and O–H groups in total. The van der Waals surface area contributed by atoms with Crippen molar-refractivity contribution >= 4 is 21.7 Å². The number of halogens is 2. The molecule has 2 atom stereocenters. The third-order valence-corrected chi connectivity index (χ3v) is 3.75. The maximum Gasteiger partial charge on any atom is 0.166 e. The van der Waals surface area contributed by atoms with E-state index in [-0.39, 0.29) is 11.9 Å². The molecule has 2 rings (SSSR count). The molecule has 1 heterocycles. The van der Waals surface area contributed by atoms with Crippen molar-refractivity contribution in [1.29, 1.82) is 0 Å². The summed E-state index contributed by atoms with van der Waals surface area (Å²) in [4.78, 5) is 5.84. The van der Waals surface area contributed by atoms with Crippen LogP contribution in [0.2, 0.25) is 0 Å². The van der Waals surface area contributed by atoms with Crippen LogP contribution in [0.4, 0.5) is 10.2 Å². The fraction of sp³-hybridized carbons (Fsp3) is 0.583. The van der Waals surface area contributed by atoms with Crippen molar-refractivity contribution in [3.63, 3.8) is 0 Å². The summed E-state index contributed by atoms with van der Waals surface area (Å²) in [6.45, 7) is 0. The van der Waals surface area contributed by atoms with Crippen molar-refractivity contribution < 1.29 is 9.50 Å². The summed E-state index contributed by atoms with van der Waals surface area (Å²) in [6.07, 6.45) is 4.97. The lowest BCUT2D eigenvalue weighted by molar-refractivity contribution is 0.105. The molecule has 1 aromatic heterocycles. The highest BCUT2D eigenvalue weighted by Crippen LogP contribution is 2.27. The molecule has 5 heteroatoms. The van der Waals surface area contributed by atoms with Gasteiger partial charge in [-0.3, -0.25) is 0 Å². The zero-order valence-electron chi connectivity index (χ0n) is 9.74. The first-order chi connectivity index (χ1) is 8.09. The number of likely N-dealkylation sites (N-methyl/N-ethyl adjacent to an activating group) is 1. The predicted octanol–water partition coefficient (Wildman–Crippen LogP) is 2.72. The number of aliphatic hydroxyl groups excluding tert-OH is 1. The van der Waals surface area contributed by atoms with E-state index in [1.165, 1.54) is 6.07 Å². The second-order valence-corrected chi connectivity index (χ2v) is 5.40. The van der Waals surface area contributed by atoms with Crippen LogP contribution in [0.25, 0.3) is 0 Å². The molecule has 3 nitrogen and oxygen atoms in total. The van der Waals surface area contributed by atoms with E-state index >= 15 is 0 Å². The average molecular weight is 303 g/mol. The first-order valence-electron chi connectivity index (χ1n) is 5.81. The van der Waals surface area contributed by atoms with Crippen molar-refractivity contribution in [2.45, 2.75) is 37.8 Å². The molecule has 1 aromatic rings. The normalized spacial score (nSPS) is 24.7. The molecule has 2 unspecified atom stereocenters. The second-order valence-electron chi connectivity index (χ2n) is 4.49.